The fourth-order valence-corrected chi connectivity index (χ4v) is 0.986. The highest BCUT2D eigenvalue weighted by Crippen LogP contribution is 2.26. The van der Waals surface area contributed by atoms with Gasteiger partial charge in [0.05, 0.1) is 0 Å². The molecule has 0 aromatic carbocycles. The van der Waals surface area contributed by atoms with Crippen LogP contribution < -0.4 is 11.5 Å². The van der Waals surface area contributed by atoms with E-state index >= 15 is 0 Å². The summed E-state index contributed by atoms with van der Waals surface area (Å²) >= 11 is 0. The summed E-state index contributed by atoms with van der Waals surface area (Å²) in [5.74, 6) is 0. The van der Waals surface area contributed by atoms with Gasteiger partial charge < -0.3 is 11.5 Å². The maximum atomic E-state index is 4.85. The lowest BCUT2D eigenvalue weighted by atomic mass is 9.84. The first kappa shape index (κ1) is 20.8. The second kappa shape index (κ2) is 16.8. The Bertz CT molecular complexity index is 138. The third kappa shape index (κ3) is 29.2. The minimum absolute atomic E-state index is 0.413. The van der Waals surface area contributed by atoms with E-state index in [1.807, 2.05) is 26.0 Å². The Morgan fingerprint density at radius 1 is 1.00 bits per heavy atom. The molecule has 0 amide bonds. The molecule has 4 N–H and O–H groups in total. The van der Waals surface area contributed by atoms with Gasteiger partial charge in [0.2, 0.25) is 0 Å². The molecule has 0 aromatic rings. The van der Waals surface area contributed by atoms with Gasteiger partial charge in [-0.15, -0.1) is 13.2 Å². The highest BCUT2D eigenvalue weighted by Gasteiger charge is 2.13. The van der Waals surface area contributed by atoms with Crippen LogP contribution in [0, 0.1) is 5.41 Å². The van der Waals surface area contributed by atoms with Crippen molar-refractivity contribution in [1.29, 1.82) is 0 Å². The fraction of sp³-hybridized carbons (Fsp3) is 0.714. The van der Waals surface area contributed by atoms with Gasteiger partial charge in [-0.1, -0.05) is 39.8 Å². The topological polar surface area (TPSA) is 52.0 Å². The van der Waals surface area contributed by atoms with Gasteiger partial charge in [0.1, 0.15) is 0 Å². The standard InChI is InChI=1S/C10H18.2C2H7N/c1-5-7-9-10(3,4)8-6-2;2*1-2-3/h5-6H,1-2,7-9H2,3-4H3;2*2-3H2,1H3. The van der Waals surface area contributed by atoms with Crippen LogP contribution in [0.3, 0.4) is 0 Å². The summed E-state index contributed by atoms with van der Waals surface area (Å²) in [7, 11) is 0. The molecule has 0 aromatic heterocycles. The zero-order chi connectivity index (χ0) is 13.4. The highest BCUT2D eigenvalue weighted by atomic mass is 14.5. The van der Waals surface area contributed by atoms with Crippen molar-refractivity contribution in [3.63, 3.8) is 0 Å². The van der Waals surface area contributed by atoms with E-state index in [0.29, 0.717) is 5.41 Å². The summed E-state index contributed by atoms with van der Waals surface area (Å²) < 4.78 is 0. The van der Waals surface area contributed by atoms with Crippen LogP contribution in [0.4, 0.5) is 0 Å². The number of hydrogen-bond acceptors (Lipinski definition) is 2. The van der Waals surface area contributed by atoms with Crippen molar-refractivity contribution in [3.05, 3.63) is 25.3 Å². The molecule has 0 unspecified atom stereocenters. The van der Waals surface area contributed by atoms with Crippen molar-refractivity contribution in [2.75, 3.05) is 13.1 Å². The lowest BCUT2D eigenvalue weighted by Gasteiger charge is -2.21. The summed E-state index contributed by atoms with van der Waals surface area (Å²) in [6.45, 7) is 17.3. The Kier molecular flexibility index (Phi) is 21.8. The lowest BCUT2D eigenvalue weighted by Crippen LogP contribution is -2.08. The molecule has 0 atom stereocenters. The second-order valence-electron chi connectivity index (χ2n) is 4.30. The smallest absolute Gasteiger partial charge is 0.0106 e. The molecule has 0 heterocycles. The Balaban J connectivity index is -0.000000235. The molecule has 0 aliphatic heterocycles. The van der Waals surface area contributed by atoms with Gasteiger partial charge in [-0.2, -0.15) is 0 Å². The fourth-order valence-electron chi connectivity index (χ4n) is 0.986. The van der Waals surface area contributed by atoms with Gasteiger partial charge in [-0.25, -0.2) is 0 Å². The zero-order valence-electron chi connectivity index (χ0n) is 11.8. The number of nitrogens with two attached hydrogens (primary N) is 2. The predicted octanol–water partition coefficient (Wildman–Crippen LogP) is 3.48. The zero-order valence-corrected chi connectivity index (χ0v) is 11.8. The van der Waals surface area contributed by atoms with Gasteiger partial charge in [-0.05, 0) is 37.8 Å². The molecule has 0 aliphatic rings. The summed E-state index contributed by atoms with van der Waals surface area (Å²) in [6, 6.07) is 0. The van der Waals surface area contributed by atoms with Crippen molar-refractivity contribution in [2.45, 2.75) is 47.0 Å². The second-order valence-corrected chi connectivity index (χ2v) is 4.30. The summed E-state index contributed by atoms with van der Waals surface area (Å²) in [4.78, 5) is 0. The molecule has 0 saturated heterocycles. The molecule has 0 spiro atoms. The summed E-state index contributed by atoms with van der Waals surface area (Å²) in [5.41, 5.74) is 10.1. The first-order valence-electron chi connectivity index (χ1n) is 6.07. The molecule has 2 heteroatoms. The quantitative estimate of drug-likeness (QED) is 0.708. The lowest BCUT2D eigenvalue weighted by molar-refractivity contribution is 0.343. The average Bonchev–Trinajstić information content (AvgIpc) is 2.17. The molecule has 0 saturated carbocycles. The van der Waals surface area contributed by atoms with E-state index in [-0.39, 0.29) is 0 Å². The van der Waals surface area contributed by atoms with Gasteiger partial charge in [0.25, 0.3) is 0 Å². The first-order valence-corrected chi connectivity index (χ1v) is 6.07. The van der Waals surface area contributed by atoms with Gasteiger partial charge >= 0.3 is 0 Å². The van der Waals surface area contributed by atoms with Crippen LogP contribution in [-0.4, -0.2) is 13.1 Å². The van der Waals surface area contributed by atoms with Gasteiger partial charge in [0, 0.05) is 0 Å². The van der Waals surface area contributed by atoms with Crippen molar-refractivity contribution < 1.29 is 0 Å². The molecule has 0 rings (SSSR count). The molecule has 0 bridgehead atoms. The van der Waals surface area contributed by atoms with E-state index in [9.17, 15) is 0 Å². The molecule has 0 aliphatic carbocycles. The first-order chi connectivity index (χ1) is 7.45. The normalized spacial score (nSPS) is 9.12. The van der Waals surface area contributed by atoms with Crippen molar-refractivity contribution in [2.24, 2.45) is 16.9 Å². The van der Waals surface area contributed by atoms with Gasteiger partial charge in [0.15, 0.2) is 0 Å². The van der Waals surface area contributed by atoms with Crippen LogP contribution in [-0.2, 0) is 0 Å². The van der Waals surface area contributed by atoms with Crippen molar-refractivity contribution >= 4 is 0 Å². The van der Waals surface area contributed by atoms with E-state index in [1.165, 1.54) is 6.42 Å². The van der Waals surface area contributed by atoms with Crippen LogP contribution in [0.1, 0.15) is 47.0 Å². The van der Waals surface area contributed by atoms with Crippen LogP contribution in [0.15, 0.2) is 25.3 Å². The van der Waals surface area contributed by atoms with Crippen LogP contribution >= 0.6 is 0 Å². The summed E-state index contributed by atoms with van der Waals surface area (Å²) in [5, 5.41) is 0. The maximum Gasteiger partial charge on any atom is -0.0106 e. The monoisotopic (exact) mass is 228 g/mol. The predicted molar refractivity (Wildman–Crippen MR) is 77.5 cm³/mol. The molecular weight excluding hydrogens is 196 g/mol. The molecule has 0 radical (unpaired) electrons. The van der Waals surface area contributed by atoms with E-state index in [4.69, 9.17) is 11.5 Å². The Labute approximate surface area is 103 Å². The van der Waals surface area contributed by atoms with E-state index in [0.717, 1.165) is 25.9 Å². The SMILES string of the molecule is C=CCCC(C)(C)CC=C.CCN.CCN. The van der Waals surface area contributed by atoms with E-state index in [1.54, 1.807) is 0 Å². The van der Waals surface area contributed by atoms with Crippen LogP contribution in [0.5, 0.6) is 0 Å². The largest absolute Gasteiger partial charge is 0.331 e. The minimum atomic E-state index is 0.413. The average molecular weight is 228 g/mol. The maximum absolute atomic E-state index is 4.85. The summed E-state index contributed by atoms with van der Waals surface area (Å²) in [6.07, 6.45) is 7.39. The Hall–Kier alpha value is -0.600. The van der Waals surface area contributed by atoms with Crippen LogP contribution in [0.25, 0.3) is 0 Å². The van der Waals surface area contributed by atoms with Gasteiger partial charge in [-0.3, -0.25) is 0 Å². The van der Waals surface area contributed by atoms with Crippen molar-refractivity contribution in [3.8, 4) is 0 Å². The van der Waals surface area contributed by atoms with E-state index < -0.39 is 0 Å². The third-order valence-corrected chi connectivity index (χ3v) is 1.72. The van der Waals surface area contributed by atoms with E-state index in [2.05, 4.69) is 27.0 Å². The molecule has 0 fully saturated rings. The highest BCUT2D eigenvalue weighted by molar-refractivity contribution is 4.81. The van der Waals surface area contributed by atoms with Crippen LogP contribution in [0.2, 0.25) is 0 Å². The third-order valence-electron chi connectivity index (χ3n) is 1.72. The number of rotatable bonds is 5. The number of hydrogen-bond donors (Lipinski definition) is 2. The molecule has 2 nitrogen and oxygen atoms in total. The Morgan fingerprint density at radius 3 is 1.62 bits per heavy atom. The minimum Gasteiger partial charge on any atom is -0.331 e. The molecule has 16 heavy (non-hydrogen) atoms. The Morgan fingerprint density at radius 2 is 1.38 bits per heavy atom. The number of allylic oxidation sites excluding steroid dienone is 2. The molecule has 98 valence electrons. The molecular formula is C14H32N2. The van der Waals surface area contributed by atoms with Crippen molar-refractivity contribution in [1.82, 2.24) is 0 Å².